The summed E-state index contributed by atoms with van der Waals surface area (Å²) in [6.45, 7) is 3.17. The first kappa shape index (κ1) is 15.6. The van der Waals surface area contributed by atoms with E-state index in [0.29, 0.717) is 24.6 Å². The van der Waals surface area contributed by atoms with Crippen molar-refractivity contribution in [1.29, 1.82) is 0 Å². The molecule has 0 aliphatic carbocycles. The fraction of sp³-hybridized carbons (Fsp3) is 0.400. The normalized spacial score (nSPS) is 11.3. The zero-order valence-electron chi connectivity index (χ0n) is 11.4. The van der Waals surface area contributed by atoms with Crippen LogP contribution in [0.15, 0.2) is 24.3 Å². The van der Waals surface area contributed by atoms with Crippen molar-refractivity contribution in [2.45, 2.75) is 6.92 Å². The van der Waals surface area contributed by atoms with Gasteiger partial charge in [-0.15, -0.1) is 0 Å². The topological polar surface area (TPSA) is 55.1 Å². The highest BCUT2D eigenvalue weighted by Gasteiger charge is 2.07. The lowest BCUT2D eigenvalue weighted by Crippen LogP contribution is -2.29. The number of amides is 1. The maximum atomic E-state index is 11.9. The van der Waals surface area contributed by atoms with Crippen LogP contribution in [0.3, 0.4) is 0 Å². The standard InChI is InChI=1S/C15H20N2OS/c1-12(11-19-2)10-17-15(18)14-7-5-13(6-8-14)4-3-9-16/h5-8,12H,9-11,16H2,1-2H3,(H,17,18). The second-order valence-electron chi connectivity index (χ2n) is 4.35. The molecule has 1 unspecified atom stereocenters. The molecule has 1 rings (SSSR count). The van der Waals surface area contributed by atoms with Crippen LogP contribution >= 0.6 is 11.8 Å². The van der Waals surface area contributed by atoms with Crippen LogP contribution in [0.2, 0.25) is 0 Å². The first-order chi connectivity index (χ1) is 9.17. The van der Waals surface area contributed by atoms with Crippen LogP contribution in [-0.2, 0) is 0 Å². The number of carbonyl (C=O) groups excluding carboxylic acids is 1. The minimum Gasteiger partial charge on any atom is -0.352 e. The van der Waals surface area contributed by atoms with E-state index < -0.39 is 0 Å². The molecule has 3 nitrogen and oxygen atoms in total. The van der Waals surface area contributed by atoms with Crippen molar-refractivity contribution in [3.05, 3.63) is 35.4 Å². The Labute approximate surface area is 119 Å². The molecule has 0 aromatic heterocycles. The van der Waals surface area contributed by atoms with Gasteiger partial charge in [0.15, 0.2) is 0 Å². The van der Waals surface area contributed by atoms with Crippen molar-refractivity contribution < 1.29 is 4.79 Å². The second kappa shape index (κ2) is 8.63. The third kappa shape index (κ3) is 5.82. The average Bonchev–Trinajstić information content (AvgIpc) is 2.43. The molecule has 0 bridgehead atoms. The summed E-state index contributed by atoms with van der Waals surface area (Å²) in [6, 6.07) is 7.25. The maximum absolute atomic E-state index is 11.9. The van der Waals surface area contributed by atoms with E-state index in [1.54, 1.807) is 23.9 Å². The van der Waals surface area contributed by atoms with Crippen molar-refractivity contribution in [1.82, 2.24) is 5.32 Å². The Morgan fingerprint density at radius 1 is 1.42 bits per heavy atom. The van der Waals surface area contributed by atoms with Gasteiger partial charge in [-0.25, -0.2) is 0 Å². The predicted molar refractivity (Wildman–Crippen MR) is 82.3 cm³/mol. The molecular formula is C15H20N2OS. The summed E-state index contributed by atoms with van der Waals surface area (Å²) >= 11 is 1.79. The molecule has 3 N–H and O–H groups in total. The minimum absolute atomic E-state index is 0.0358. The highest BCUT2D eigenvalue weighted by Crippen LogP contribution is 2.05. The molecule has 0 radical (unpaired) electrons. The van der Waals surface area contributed by atoms with Gasteiger partial charge < -0.3 is 11.1 Å². The summed E-state index contributed by atoms with van der Waals surface area (Å²) in [4.78, 5) is 11.9. The van der Waals surface area contributed by atoms with Crippen LogP contribution in [0.5, 0.6) is 0 Å². The molecule has 1 amide bonds. The fourth-order valence-corrected chi connectivity index (χ4v) is 2.26. The van der Waals surface area contributed by atoms with Crippen molar-refractivity contribution in [3.63, 3.8) is 0 Å². The highest BCUT2D eigenvalue weighted by molar-refractivity contribution is 7.98. The summed E-state index contributed by atoms with van der Waals surface area (Å²) in [5.74, 6) is 7.20. The van der Waals surface area contributed by atoms with Gasteiger partial charge in [0.1, 0.15) is 0 Å². The maximum Gasteiger partial charge on any atom is 0.251 e. The molecule has 4 heteroatoms. The first-order valence-electron chi connectivity index (χ1n) is 6.23. The van der Waals surface area contributed by atoms with Gasteiger partial charge in [0.25, 0.3) is 5.91 Å². The van der Waals surface area contributed by atoms with Gasteiger partial charge >= 0.3 is 0 Å². The van der Waals surface area contributed by atoms with Crippen molar-refractivity contribution in [2.75, 3.05) is 25.1 Å². The van der Waals surface area contributed by atoms with E-state index in [4.69, 9.17) is 5.73 Å². The summed E-state index contributed by atoms with van der Waals surface area (Å²) in [5.41, 5.74) is 6.84. The molecule has 1 atom stereocenters. The molecule has 0 saturated carbocycles. The summed E-state index contributed by atoms with van der Waals surface area (Å²) < 4.78 is 0. The molecule has 0 aliphatic rings. The van der Waals surface area contributed by atoms with E-state index in [9.17, 15) is 4.79 Å². The number of nitrogens with two attached hydrogens (primary N) is 1. The average molecular weight is 276 g/mol. The van der Waals surface area contributed by atoms with Crippen LogP contribution in [-0.4, -0.2) is 31.0 Å². The quantitative estimate of drug-likeness (QED) is 0.805. The Morgan fingerprint density at radius 2 is 2.11 bits per heavy atom. The van der Waals surface area contributed by atoms with Crippen LogP contribution < -0.4 is 11.1 Å². The first-order valence-corrected chi connectivity index (χ1v) is 7.63. The second-order valence-corrected chi connectivity index (χ2v) is 5.26. The molecule has 102 valence electrons. The zero-order chi connectivity index (χ0) is 14.1. The lowest BCUT2D eigenvalue weighted by Gasteiger charge is -2.11. The largest absolute Gasteiger partial charge is 0.352 e. The molecule has 0 fully saturated rings. The SMILES string of the molecule is CSCC(C)CNC(=O)c1ccc(C#CCN)cc1. The summed E-state index contributed by atoms with van der Waals surface area (Å²) in [5, 5.41) is 2.94. The van der Waals surface area contributed by atoms with Crippen molar-refractivity contribution in [2.24, 2.45) is 11.7 Å². The van der Waals surface area contributed by atoms with Crippen LogP contribution in [0.4, 0.5) is 0 Å². The molecule has 0 aliphatic heterocycles. The third-order valence-corrected chi connectivity index (χ3v) is 3.45. The Hall–Kier alpha value is -1.44. The van der Waals surface area contributed by atoms with E-state index in [1.165, 1.54) is 0 Å². The molecule has 0 spiro atoms. The lowest BCUT2D eigenvalue weighted by atomic mass is 10.1. The zero-order valence-corrected chi connectivity index (χ0v) is 12.2. The van der Waals surface area contributed by atoms with Crippen LogP contribution in [0.1, 0.15) is 22.8 Å². The highest BCUT2D eigenvalue weighted by atomic mass is 32.2. The molecule has 0 heterocycles. The summed E-state index contributed by atoms with van der Waals surface area (Å²) in [7, 11) is 0. The van der Waals surface area contributed by atoms with Crippen molar-refractivity contribution >= 4 is 17.7 Å². The Morgan fingerprint density at radius 3 is 2.68 bits per heavy atom. The van der Waals surface area contributed by atoms with E-state index in [0.717, 1.165) is 11.3 Å². The molecule has 1 aromatic carbocycles. The number of rotatable bonds is 5. The van der Waals surface area contributed by atoms with Gasteiger partial charge in [-0.05, 0) is 42.2 Å². The van der Waals surface area contributed by atoms with E-state index in [-0.39, 0.29) is 5.91 Å². The van der Waals surface area contributed by atoms with Gasteiger partial charge in [-0.2, -0.15) is 11.8 Å². The lowest BCUT2D eigenvalue weighted by molar-refractivity contribution is 0.0949. The van der Waals surface area contributed by atoms with Gasteiger partial charge in [-0.3, -0.25) is 4.79 Å². The number of hydrogen-bond acceptors (Lipinski definition) is 3. The van der Waals surface area contributed by atoms with Crippen molar-refractivity contribution in [3.8, 4) is 11.8 Å². The monoisotopic (exact) mass is 276 g/mol. The number of nitrogens with one attached hydrogen (secondary N) is 1. The molecule has 1 aromatic rings. The van der Waals surface area contributed by atoms with E-state index in [2.05, 4.69) is 30.3 Å². The molecule has 19 heavy (non-hydrogen) atoms. The van der Waals surface area contributed by atoms with Gasteiger partial charge in [-0.1, -0.05) is 18.8 Å². The van der Waals surface area contributed by atoms with Crippen LogP contribution in [0, 0.1) is 17.8 Å². The van der Waals surface area contributed by atoms with E-state index in [1.807, 2.05) is 12.1 Å². The van der Waals surface area contributed by atoms with Gasteiger partial charge in [0.05, 0.1) is 6.54 Å². The Kier molecular flexibility index (Phi) is 7.09. The molecule has 0 saturated heterocycles. The number of thioether (sulfide) groups is 1. The number of benzene rings is 1. The Balaban J connectivity index is 2.53. The van der Waals surface area contributed by atoms with E-state index >= 15 is 0 Å². The predicted octanol–water partition coefficient (Wildman–Crippen LogP) is 1.73. The van der Waals surface area contributed by atoms with Gasteiger partial charge in [0, 0.05) is 17.7 Å². The fourth-order valence-electron chi connectivity index (χ4n) is 1.57. The minimum atomic E-state index is -0.0358. The van der Waals surface area contributed by atoms with Gasteiger partial charge in [0.2, 0.25) is 0 Å². The summed E-state index contributed by atoms with van der Waals surface area (Å²) in [6.07, 6.45) is 2.07. The molecular weight excluding hydrogens is 256 g/mol. The Bertz CT molecular complexity index is 459. The number of carbonyl (C=O) groups is 1. The number of hydrogen-bond donors (Lipinski definition) is 2. The third-order valence-electron chi connectivity index (χ3n) is 2.54. The van der Waals surface area contributed by atoms with Crippen LogP contribution in [0.25, 0.3) is 0 Å². The smallest absolute Gasteiger partial charge is 0.251 e.